The molecular formula is C15H11ClN2O4. The zero-order valence-corrected chi connectivity index (χ0v) is 11.9. The Morgan fingerprint density at radius 2 is 1.73 bits per heavy atom. The average molecular weight is 319 g/mol. The molecule has 22 heavy (non-hydrogen) atoms. The maximum Gasteiger partial charge on any atom is 0.337 e. The van der Waals surface area contributed by atoms with Gasteiger partial charge >= 0.3 is 5.97 Å². The Morgan fingerprint density at radius 3 is 2.36 bits per heavy atom. The first-order valence-electron chi connectivity index (χ1n) is 6.12. The molecule has 2 rings (SSSR count). The van der Waals surface area contributed by atoms with Crippen molar-refractivity contribution >= 4 is 35.1 Å². The number of hydrogen-bond acceptors (Lipinski definition) is 3. The van der Waals surface area contributed by atoms with E-state index in [-0.39, 0.29) is 27.4 Å². The second kappa shape index (κ2) is 6.28. The zero-order valence-electron chi connectivity index (χ0n) is 11.2. The number of halogens is 1. The van der Waals surface area contributed by atoms with Crippen molar-refractivity contribution in [2.45, 2.75) is 0 Å². The van der Waals surface area contributed by atoms with Crippen LogP contribution in [0.1, 0.15) is 31.1 Å². The lowest BCUT2D eigenvalue weighted by Gasteiger charge is -2.08. The highest BCUT2D eigenvalue weighted by molar-refractivity contribution is 6.33. The predicted molar refractivity (Wildman–Crippen MR) is 81.3 cm³/mol. The number of carbonyl (C=O) groups excluding carboxylic acids is 2. The number of carboxylic acids is 1. The third-order valence-electron chi connectivity index (χ3n) is 2.86. The number of amides is 2. The van der Waals surface area contributed by atoms with Crippen molar-refractivity contribution < 1.29 is 19.5 Å². The van der Waals surface area contributed by atoms with Gasteiger partial charge < -0.3 is 16.2 Å². The second-order valence-electron chi connectivity index (χ2n) is 4.40. The van der Waals surface area contributed by atoms with E-state index in [1.54, 1.807) is 0 Å². The molecule has 7 heteroatoms. The molecule has 0 unspecified atom stereocenters. The first-order valence-corrected chi connectivity index (χ1v) is 6.50. The Morgan fingerprint density at radius 1 is 1.05 bits per heavy atom. The quantitative estimate of drug-likeness (QED) is 0.804. The summed E-state index contributed by atoms with van der Waals surface area (Å²) in [5.41, 5.74) is 5.74. The molecule has 6 nitrogen and oxygen atoms in total. The molecule has 0 aliphatic rings. The van der Waals surface area contributed by atoms with Crippen LogP contribution in [-0.2, 0) is 0 Å². The van der Waals surface area contributed by atoms with Crippen LogP contribution in [0.2, 0.25) is 5.02 Å². The van der Waals surface area contributed by atoms with E-state index < -0.39 is 17.8 Å². The molecule has 0 fully saturated rings. The van der Waals surface area contributed by atoms with Crippen molar-refractivity contribution in [2.75, 3.05) is 5.32 Å². The molecule has 0 aromatic heterocycles. The van der Waals surface area contributed by atoms with E-state index in [0.29, 0.717) is 0 Å². The molecule has 112 valence electrons. The van der Waals surface area contributed by atoms with Gasteiger partial charge in [0.25, 0.3) is 5.91 Å². The summed E-state index contributed by atoms with van der Waals surface area (Å²) < 4.78 is 0. The summed E-state index contributed by atoms with van der Waals surface area (Å²) in [4.78, 5) is 34.2. The van der Waals surface area contributed by atoms with E-state index in [1.165, 1.54) is 42.5 Å². The topological polar surface area (TPSA) is 109 Å². The molecule has 0 bridgehead atoms. The molecule has 4 N–H and O–H groups in total. The molecular weight excluding hydrogens is 308 g/mol. The maximum absolute atomic E-state index is 12.1. The van der Waals surface area contributed by atoms with E-state index in [4.69, 9.17) is 22.4 Å². The number of aromatic carboxylic acids is 1. The number of primary amides is 1. The van der Waals surface area contributed by atoms with Crippen LogP contribution >= 0.6 is 11.6 Å². The number of benzene rings is 2. The minimum Gasteiger partial charge on any atom is -0.478 e. The van der Waals surface area contributed by atoms with E-state index in [9.17, 15) is 14.4 Å². The van der Waals surface area contributed by atoms with Gasteiger partial charge in [-0.2, -0.15) is 0 Å². The van der Waals surface area contributed by atoms with Crippen LogP contribution in [0.4, 0.5) is 5.69 Å². The van der Waals surface area contributed by atoms with Crippen molar-refractivity contribution in [1.82, 2.24) is 0 Å². The first kappa shape index (κ1) is 15.5. The standard InChI is InChI=1S/C15H11ClN2O4/c16-12-5-4-10(7-11(12)15(21)22)18-14(20)9-3-1-2-8(6-9)13(17)19/h1-7H,(H2,17,19)(H,18,20)(H,21,22). The van der Waals surface area contributed by atoms with Gasteiger partial charge in [0, 0.05) is 16.8 Å². The van der Waals surface area contributed by atoms with Crippen LogP contribution in [0.25, 0.3) is 0 Å². The Labute approximate surface area is 130 Å². The molecule has 2 aromatic carbocycles. The Kier molecular flexibility index (Phi) is 4.43. The summed E-state index contributed by atoms with van der Waals surface area (Å²) >= 11 is 5.76. The largest absolute Gasteiger partial charge is 0.478 e. The maximum atomic E-state index is 12.1. The average Bonchev–Trinajstić information content (AvgIpc) is 2.49. The van der Waals surface area contributed by atoms with Gasteiger partial charge in [-0.25, -0.2) is 4.79 Å². The molecule has 0 aliphatic carbocycles. The first-order chi connectivity index (χ1) is 10.4. The summed E-state index contributed by atoms with van der Waals surface area (Å²) in [6.45, 7) is 0. The van der Waals surface area contributed by atoms with Crippen LogP contribution in [0.3, 0.4) is 0 Å². The van der Waals surface area contributed by atoms with Gasteiger partial charge in [0.15, 0.2) is 0 Å². The van der Waals surface area contributed by atoms with Crippen molar-refractivity contribution in [3.63, 3.8) is 0 Å². The van der Waals surface area contributed by atoms with E-state index in [2.05, 4.69) is 5.32 Å². The number of nitrogens with two attached hydrogens (primary N) is 1. The van der Waals surface area contributed by atoms with Gasteiger partial charge in [0.1, 0.15) is 0 Å². The Bertz CT molecular complexity index is 774. The van der Waals surface area contributed by atoms with E-state index in [0.717, 1.165) is 0 Å². The molecule has 0 radical (unpaired) electrons. The van der Waals surface area contributed by atoms with Crippen LogP contribution < -0.4 is 11.1 Å². The summed E-state index contributed by atoms with van der Waals surface area (Å²) in [5.74, 6) is -2.34. The normalized spacial score (nSPS) is 10.0. The SMILES string of the molecule is NC(=O)c1cccc(C(=O)Nc2ccc(Cl)c(C(=O)O)c2)c1. The van der Waals surface area contributed by atoms with Gasteiger partial charge in [-0.05, 0) is 36.4 Å². The van der Waals surface area contributed by atoms with Gasteiger partial charge in [0.2, 0.25) is 5.91 Å². The Hall–Kier alpha value is -2.86. The summed E-state index contributed by atoms with van der Waals surface area (Å²) in [7, 11) is 0. The molecule has 0 heterocycles. The minimum atomic E-state index is -1.20. The minimum absolute atomic E-state index is 0.0706. The molecule has 0 atom stereocenters. The van der Waals surface area contributed by atoms with Crippen molar-refractivity contribution in [2.24, 2.45) is 5.73 Å². The van der Waals surface area contributed by atoms with Gasteiger partial charge in [-0.15, -0.1) is 0 Å². The highest BCUT2D eigenvalue weighted by atomic mass is 35.5. The molecule has 0 saturated carbocycles. The van der Waals surface area contributed by atoms with Crippen molar-refractivity contribution in [1.29, 1.82) is 0 Å². The number of hydrogen-bond donors (Lipinski definition) is 3. The van der Waals surface area contributed by atoms with Crippen LogP contribution in [0, 0.1) is 0 Å². The highest BCUT2D eigenvalue weighted by Crippen LogP contribution is 2.21. The van der Waals surface area contributed by atoms with E-state index >= 15 is 0 Å². The van der Waals surface area contributed by atoms with Gasteiger partial charge in [-0.3, -0.25) is 9.59 Å². The third kappa shape index (κ3) is 3.42. The smallest absolute Gasteiger partial charge is 0.337 e. The van der Waals surface area contributed by atoms with E-state index in [1.807, 2.05) is 0 Å². The molecule has 0 aliphatic heterocycles. The highest BCUT2D eigenvalue weighted by Gasteiger charge is 2.12. The Balaban J connectivity index is 2.26. The molecule has 2 amide bonds. The second-order valence-corrected chi connectivity index (χ2v) is 4.81. The summed E-state index contributed by atoms with van der Waals surface area (Å²) in [6, 6.07) is 9.98. The number of anilines is 1. The lowest BCUT2D eigenvalue weighted by Crippen LogP contribution is -2.15. The lowest BCUT2D eigenvalue weighted by atomic mass is 10.1. The van der Waals surface area contributed by atoms with Crippen molar-refractivity contribution in [3.05, 3.63) is 64.2 Å². The van der Waals surface area contributed by atoms with Gasteiger partial charge in [0.05, 0.1) is 10.6 Å². The van der Waals surface area contributed by atoms with Crippen LogP contribution in [0.15, 0.2) is 42.5 Å². The van der Waals surface area contributed by atoms with Gasteiger partial charge in [-0.1, -0.05) is 17.7 Å². The fourth-order valence-corrected chi connectivity index (χ4v) is 1.98. The molecule has 0 spiro atoms. The lowest BCUT2D eigenvalue weighted by molar-refractivity contribution is 0.0696. The molecule has 0 saturated heterocycles. The predicted octanol–water partition coefficient (Wildman–Crippen LogP) is 2.39. The summed E-state index contributed by atoms with van der Waals surface area (Å²) in [5, 5.41) is 11.6. The summed E-state index contributed by atoms with van der Waals surface area (Å²) in [6.07, 6.45) is 0. The number of nitrogens with one attached hydrogen (secondary N) is 1. The number of carboxylic acid groups (broad SMARTS) is 1. The third-order valence-corrected chi connectivity index (χ3v) is 3.19. The monoisotopic (exact) mass is 318 g/mol. The number of carbonyl (C=O) groups is 3. The zero-order chi connectivity index (χ0) is 16.3. The van der Waals surface area contributed by atoms with Crippen molar-refractivity contribution in [3.8, 4) is 0 Å². The molecule has 2 aromatic rings. The number of rotatable bonds is 4. The fourth-order valence-electron chi connectivity index (χ4n) is 1.78. The fraction of sp³-hybridized carbons (Fsp3) is 0. The van der Waals surface area contributed by atoms with Crippen LogP contribution in [0.5, 0.6) is 0 Å². The van der Waals surface area contributed by atoms with Crippen LogP contribution in [-0.4, -0.2) is 22.9 Å².